The number of anilines is 1. The van der Waals surface area contributed by atoms with Crippen molar-refractivity contribution >= 4 is 23.2 Å². The van der Waals surface area contributed by atoms with Crippen molar-refractivity contribution in [3.05, 3.63) is 28.3 Å². The number of nitro groups is 1. The lowest BCUT2D eigenvalue weighted by Crippen LogP contribution is -2.66. The van der Waals surface area contributed by atoms with E-state index in [4.69, 9.17) is 10.5 Å². The standard InChI is InChI=1S/C18H26N4O5/c1-17(2)9-11(19)10-18(3,4)21(17)16(24)15(23)20-13-7-6-12(22(25)26)8-14(13)27-5/h6-8,11H,9-10,19H2,1-5H3,(H,20,23). The Balaban J connectivity index is 2.28. The van der Waals surface area contributed by atoms with Gasteiger partial charge >= 0.3 is 11.8 Å². The van der Waals surface area contributed by atoms with Crippen LogP contribution in [0.1, 0.15) is 40.5 Å². The zero-order valence-electron chi connectivity index (χ0n) is 16.2. The average Bonchev–Trinajstić information content (AvgIpc) is 2.51. The number of methoxy groups -OCH3 is 1. The predicted octanol–water partition coefficient (Wildman–Crippen LogP) is 2.05. The molecule has 27 heavy (non-hydrogen) atoms. The van der Waals surface area contributed by atoms with Crippen LogP contribution in [0.5, 0.6) is 5.75 Å². The number of nitro benzene ring substituents is 1. The van der Waals surface area contributed by atoms with Crippen molar-refractivity contribution in [1.29, 1.82) is 0 Å². The van der Waals surface area contributed by atoms with Crippen LogP contribution in [0.3, 0.4) is 0 Å². The van der Waals surface area contributed by atoms with Crippen molar-refractivity contribution in [3.63, 3.8) is 0 Å². The quantitative estimate of drug-likeness (QED) is 0.471. The fourth-order valence-electron chi connectivity index (χ4n) is 4.08. The molecule has 0 aromatic heterocycles. The lowest BCUT2D eigenvalue weighted by molar-refractivity contribution is -0.384. The van der Waals surface area contributed by atoms with E-state index in [2.05, 4.69) is 5.32 Å². The third-order valence-corrected chi connectivity index (χ3v) is 4.78. The monoisotopic (exact) mass is 378 g/mol. The van der Waals surface area contributed by atoms with E-state index in [1.54, 1.807) is 4.90 Å². The van der Waals surface area contributed by atoms with Gasteiger partial charge in [0.15, 0.2) is 0 Å². The zero-order valence-corrected chi connectivity index (χ0v) is 16.2. The third kappa shape index (κ3) is 4.19. The van der Waals surface area contributed by atoms with Gasteiger partial charge in [0.25, 0.3) is 5.69 Å². The maximum Gasteiger partial charge on any atom is 0.314 e. The molecular formula is C18H26N4O5. The van der Waals surface area contributed by atoms with Crippen molar-refractivity contribution in [2.75, 3.05) is 12.4 Å². The second kappa shape index (κ2) is 7.15. The number of nitrogens with two attached hydrogens (primary N) is 1. The molecule has 0 bridgehead atoms. The first-order valence-corrected chi connectivity index (χ1v) is 8.63. The third-order valence-electron chi connectivity index (χ3n) is 4.78. The highest BCUT2D eigenvalue weighted by atomic mass is 16.6. The Morgan fingerprint density at radius 2 is 1.81 bits per heavy atom. The summed E-state index contributed by atoms with van der Waals surface area (Å²) in [6.45, 7) is 7.52. The molecule has 148 valence electrons. The van der Waals surface area contributed by atoms with Crippen molar-refractivity contribution < 1.29 is 19.2 Å². The molecule has 1 aromatic carbocycles. The number of piperidine rings is 1. The molecule has 0 saturated carbocycles. The number of likely N-dealkylation sites (tertiary alicyclic amines) is 1. The number of benzene rings is 1. The molecular weight excluding hydrogens is 352 g/mol. The number of ether oxygens (including phenoxy) is 1. The summed E-state index contributed by atoms with van der Waals surface area (Å²) in [7, 11) is 1.33. The first kappa shape index (κ1) is 20.6. The number of non-ortho nitro benzene ring substituents is 1. The Morgan fingerprint density at radius 3 is 2.30 bits per heavy atom. The summed E-state index contributed by atoms with van der Waals surface area (Å²) >= 11 is 0. The number of hydrogen-bond donors (Lipinski definition) is 2. The van der Waals surface area contributed by atoms with E-state index in [1.807, 2.05) is 27.7 Å². The molecule has 0 aliphatic carbocycles. The van der Waals surface area contributed by atoms with Crippen molar-refractivity contribution in [2.24, 2.45) is 5.73 Å². The van der Waals surface area contributed by atoms with Crippen LogP contribution in [0.4, 0.5) is 11.4 Å². The maximum atomic E-state index is 12.9. The van der Waals surface area contributed by atoms with Gasteiger partial charge in [0.1, 0.15) is 5.75 Å². The number of hydrogen-bond acceptors (Lipinski definition) is 6. The molecule has 0 unspecified atom stereocenters. The van der Waals surface area contributed by atoms with Gasteiger partial charge in [-0.25, -0.2) is 0 Å². The SMILES string of the molecule is COc1cc([N+](=O)[O-])ccc1NC(=O)C(=O)N1C(C)(C)CC(N)CC1(C)C. The van der Waals surface area contributed by atoms with E-state index in [9.17, 15) is 19.7 Å². The number of rotatable bonds is 3. The minimum absolute atomic E-state index is 0.0584. The molecule has 2 amide bonds. The zero-order chi connectivity index (χ0) is 20.6. The first-order chi connectivity index (χ1) is 12.4. The maximum absolute atomic E-state index is 12.9. The van der Waals surface area contributed by atoms with Gasteiger partial charge in [0, 0.05) is 23.2 Å². The Bertz CT molecular complexity index is 757. The number of carbonyl (C=O) groups excluding carboxylic acids is 2. The highest BCUT2D eigenvalue weighted by molar-refractivity contribution is 6.40. The van der Waals surface area contributed by atoms with Gasteiger partial charge < -0.3 is 20.7 Å². The van der Waals surface area contributed by atoms with Crippen molar-refractivity contribution in [3.8, 4) is 5.75 Å². The Labute approximate surface area is 158 Å². The van der Waals surface area contributed by atoms with E-state index >= 15 is 0 Å². The van der Waals surface area contributed by atoms with Gasteiger partial charge in [-0.2, -0.15) is 0 Å². The molecule has 1 aliphatic heterocycles. The summed E-state index contributed by atoms with van der Waals surface area (Å²) in [6.07, 6.45) is 1.16. The van der Waals surface area contributed by atoms with E-state index in [-0.39, 0.29) is 23.2 Å². The summed E-state index contributed by atoms with van der Waals surface area (Å²) in [5.74, 6) is -1.42. The van der Waals surface area contributed by atoms with Gasteiger partial charge in [-0.1, -0.05) is 0 Å². The summed E-state index contributed by atoms with van der Waals surface area (Å²) in [5, 5.41) is 13.4. The Morgan fingerprint density at radius 1 is 1.26 bits per heavy atom. The largest absolute Gasteiger partial charge is 0.494 e. The van der Waals surface area contributed by atoms with Crippen molar-refractivity contribution in [1.82, 2.24) is 4.90 Å². The first-order valence-electron chi connectivity index (χ1n) is 8.63. The molecule has 1 saturated heterocycles. The molecule has 1 aromatic rings. The fraction of sp³-hybridized carbons (Fsp3) is 0.556. The van der Waals surface area contributed by atoms with E-state index in [0.29, 0.717) is 12.8 Å². The number of nitrogens with zero attached hydrogens (tertiary/aromatic N) is 2. The number of nitrogens with one attached hydrogen (secondary N) is 1. The minimum Gasteiger partial charge on any atom is -0.494 e. The van der Waals surface area contributed by atoms with Gasteiger partial charge in [-0.3, -0.25) is 19.7 Å². The normalized spacial score (nSPS) is 18.7. The lowest BCUT2D eigenvalue weighted by atomic mass is 9.77. The second-order valence-corrected chi connectivity index (χ2v) is 8.03. The van der Waals surface area contributed by atoms with Gasteiger partial charge in [-0.15, -0.1) is 0 Å². The molecule has 1 fully saturated rings. The van der Waals surface area contributed by atoms with Crippen molar-refractivity contribution in [2.45, 2.75) is 57.7 Å². The fourth-order valence-corrected chi connectivity index (χ4v) is 4.08. The molecule has 1 aliphatic rings. The van der Waals surface area contributed by atoms with Crippen LogP contribution in [0.25, 0.3) is 0 Å². The Kier molecular flexibility index (Phi) is 5.46. The van der Waals surface area contributed by atoms with E-state index in [0.717, 1.165) is 0 Å². The smallest absolute Gasteiger partial charge is 0.314 e. The van der Waals surface area contributed by atoms with Crippen LogP contribution in [0.2, 0.25) is 0 Å². The number of carbonyl (C=O) groups is 2. The van der Waals surface area contributed by atoms with Gasteiger partial charge in [0.2, 0.25) is 0 Å². The summed E-state index contributed by atoms with van der Waals surface area (Å²) < 4.78 is 5.10. The summed E-state index contributed by atoms with van der Waals surface area (Å²) in [6, 6.07) is 3.70. The topological polar surface area (TPSA) is 128 Å². The van der Waals surface area contributed by atoms with Crippen LogP contribution in [0.15, 0.2) is 18.2 Å². The molecule has 0 atom stereocenters. The second-order valence-electron chi connectivity index (χ2n) is 8.03. The molecule has 0 radical (unpaired) electrons. The van der Waals surface area contributed by atoms with Crippen LogP contribution < -0.4 is 15.8 Å². The average molecular weight is 378 g/mol. The van der Waals surface area contributed by atoms with E-state index in [1.165, 1.54) is 25.3 Å². The van der Waals surface area contributed by atoms with Gasteiger partial charge in [-0.05, 0) is 46.6 Å². The lowest BCUT2D eigenvalue weighted by Gasteiger charge is -2.54. The van der Waals surface area contributed by atoms with Gasteiger partial charge in [0.05, 0.1) is 23.8 Å². The molecule has 1 heterocycles. The highest BCUT2D eigenvalue weighted by Crippen LogP contribution is 2.38. The minimum atomic E-state index is -0.834. The van der Waals surface area contributed by atoms with Crippen LogP contribution in [-0.4, -0.2) is 45.9 Å². The number of amides is 2. The molecule has 9 heteroatoms. The van der Waals surface area contributed by atoms with E-state index < -0.39 is 27.8 Å². The summed E-state index contributed by atoms with van der Waals surface area (Å²) in [4.78, 5) is 37.4. The highest BCUT2D eigenvalue weighted by Gasteiger charge is 2.48. The molecule has 0 spiro atoms. The Hall–Kier alpha value is -2.68. The van der Waals surface area contributed by atoms with Crippen LogP contribution in [0, 0.1) is 10.1 Å². The molecule has 9 nitrogen and oxygen atoms in total. The van der Waals surface area contributed by atoms with Crippen LogP contribution >= 0.6 is 0 Å². The molecule has 3 N–H and O–H groups in total. The summed E-state index contributed by atoms with van der Waals surface area (Å²) in [5.41, 5.74) is 4.95. The van der Waals surface area contributed by atoms with Crippen LogP contribution in [-0.2, 0) is 9.59 Å². The predicted molar refractivity (Wildman–Crippen MR) is 100 cm³/mol. The molecule has 2 rings (SSSR count).